The minimum Gasteiger partial charge on any atom is -0.352 e. The Morgan fingerprint density at radius 1 is 1.19 bits per heavy atom. The lowest BCUT2D eigenvalue weighted by atomic mass is 10.1. The Balaban J connectivity index is 1.49. The van der Waals surface area contributed by atoms with Crippen LogP contribution in [-0.2, 0) is 6.54 Å². The zero-order chi connectivity index (χ0) is 21.8. The zero-order valence-electron chi connectivity index (χ0n) is 18.1. The molecule has 31 heavy (non-hydrogen) atoms. The fraction of sp³-hybridized carbons (Fsp3) is 0.333. The van der Waals surface area contributed by atoms with Gasteiger partial charge >= 0.3 is 0 Å². The molecule has 7 heteroatoms. The molecule has 2 aromatic heterocycles. The van der Waals surface area contributed by atoms with E-state index in [1.165, 1.54) is 0 Å². The summed E-state index contributed by atoms with van der Waals surface area (Å²) in [6.45, 7) is 8.62. The van der Waals surface area contributed by atoms with Gasteiger partial charge in [-0.05, 0) is 55.9 Å². The molecule has 0 spiro atoms. The number of nitrogens with zero attached hydrogens (tertiary/aromatic N) is 3. The van der Waals surface area contributed by atoms with Crippen LogP contribution in [0.3, 0.4) is 0 Å². The lowest BCUT2D eigenvalue weighted by Crippen LogP contribution is -2.29. The van der Waals surface area contributed by atoms with E-state index in [-0.39, 0.29) is 5.91 Å². The van der Waals surface area contributed by atoms with Gasteiger partial charge in [-0.3, -0.25) is 9.20 Å². The fourth-order valence-corrected chi connectivity index (χ4v) is 4.83. The number of carbonyl (C=O) groups is 1. The number of fused-ring (bicyclic) bond motifs is 3. The number of carbonyl (C=O) groups excluding carboxylic acids is 1. The first-order valence-corrected chi connectivity index (χ1v) is 11.7. The summed E-state index contributed by atoms with van der Waals surface area (Å²) in [7, 11) is 0. The molecule has 0 radical (unpaired) electrons. The number of nitrogens with two attached hydrogens (primary N) is 1. The van der Waals surface area contributed by atoms with Crippen LogP contribution in [0.5, 0.6) is 0 Å². The van der Waals surface area contributed by atoms with E-state index in [0.29, 0.717) is 18.7 Å². The van der Waals surface area contributed by atoms with E-state index < -0.39 is 0 Å². The van der Waals surface area contributed by atoms with Gasteiger partial charge in [-0.15, -0.1) is 0 Å². The molecule has 4 aromatic rings. The maximum absolute atomic E-state index is 12.6. The van der Waals surface area contributed by atoms with Crippen molar-refractivity contribution in [1.29, 1.82) is 0 Å². The van der Waals surface area contributed by atoms with Gasteiger partial charge in [-0.25, -0.2) is 4.98 Å². The minimum absolute atomic E-state index is 0.0215. The van der Waals surface area contributed by atoms with Crippen molar-refractivity contribution in [2.75, 3.05) is 26.2 Å². The van der Waals surface area contributed by atoms with Crippen LogP contribution in [0.4, 0.5) is 0 Å². The Bertz CT molecular complexity index is 1190. The van der Waals surface area contributed by atoms with E-state index >= 15 is 0 Å². The lowest BCUT2D eigenvalue weighted by molar-refractivity contribution is 0.0952. The van der Waals surface area contributed by atoms with Gasteiger partial charge in [0.2, 0.25) is 0 Å². The summed E-state index contributed by atoms with van der Waals surface area (Å²) in [5.74, 6) is -0.0215. The molecule has 0 unspecified atom stereocenters. The second kappa shape index (κ2) is 9.60. The van der Waals surface area contributed by atoms with Crippen LogP contribution >= 0.6 is 11.3 Å². The molecule has 2 aromatic carbocycles. The van der Waals surface area contributed by atoms with Crippen LogP contribution in [0.25, 0.3) is 26.4 Å². The molecule has 0 saturated carbocycles. The molecule has 0 bridgehead atoms. The van der Waals surface area contributed by atoms with E-state index in [9.17, 15) is 4.79 Å². The van der Waals surface area contributed by atoms with Gasteiger partial charge in [-0.2, -0.15) is 0 Å². The van der Waals surface area contributed by atoms with Crippen molar-refractivity contribution in [2.45, 2.75) is 26.8 Å². The molecule has 0 aliphatic carbocycles. The molecule has 1 amide bonds. The van der Waals surface area contributed by atoms with Crippen LogP contribution in [0, 0.1) is 0 Å². The van der Waals surface area contributed by atoms with Gasteiger partial charge in [0.25, 0.3) is 5.91 Å². The first-order valence-electron chi connectivity index (χ1n) is 10.8. The maximum Gasteiger partial charge on any atom is 0.251 e. The second-order valence-corrected chi connectivity index (χ2v) is 8.61. The Morgan fingerprint density at radius 2 is 2.03 bits per heavy atom. The van der Waals surface area contributed by atoms with Crippen molar-refractivity contribution in [3.8, 4) is 11.3 Å². The molecule has 3 N–H and O–H groups in total. The number of rotatable bonds is 9. The third-order valence-electron chi connectivity index (χ3n) is 5.65. The largest absolute Gasteiger partial charge is 0.352 e. The Labute approximate surface area is 186 Å². The summed E-state index contributed by atoms with van der Waals surface area (Å²) < 4.78 is 3.15. The summed E-state index contributed by atoms with van der Waals surface area (Å²) in [4.78, 5) is 20.6. The zero-order valence-corrected chi connectivity index (χ0v) is 18.9. The quantitative estimate of drug-likeness (QED) is 0.388. The van der Waals surface area contributed by atoms with E-state index in [1.54, 1.807) is 11.3 Å². The number of hydrogen-bond acceptors (Lipinski definition) is 5. The van der Waals surface area contributed by atoms with E-state index in [2.05, 4.69) is 46.8 Å². The molecular formula is C24H29N5OS. The standard InChI is InChI=1S/C24H29N5OS/c1-3-28(4-2)12-6-11-26-23(30)19-9-10-21-22(14-19)31-24-27-20(16-29(21)24)18-8-5-7-17(13-18)15-25/h5,7-10,13-14,16H,3-4,6,11-12,15,25H2,1-2H3,(H,26,30). The average molecular weight is 436 g/mol. The molecule has 4 rings (SSSR count). The van der Waals surface area contributed by atoms with E-state index in [4.69, 9.17) is 10.7 Å². The first kappa shape index (κ1) is 21.5. The molecule has 0 aliphatic heterocycles. The average Bonchev–Trinajstić information content (AvgIpc) is 3.36. The molecule has 0 atom stereocenters. The minimum atomic E-state index is -0.0215. The number of thiazole rings is 1. The summed E-state index contributed by atoms with van der Waals surface area (Å²) in [5, 5.41) is 3.04. The molecule has 6 nitrogen and oxygen atoms in total. The summed E-state index contributed by atoms with van der Waals surface area (Å²) in [6, 6.07) is 14.0. The van der Waals surface area contributed by atoms with Crippen molar-refractivity contribution in [3.05, 3.63) is 59.8 Å². The number of imidazole rings is 1. The highest BCUT2D eigenvalue weighted by molar-refractivity contribution is 7.23. The second-order valence-electron chi connectivity index (χ2n) is 7.60. The molecule has 0 saturated heterocycles. The van der Waals surface area contributed by atoms with Gasteiger partial charge < -0.3 is 16.0 Å². The van der Waals surface area contributed by atoms with Crippen molar-refractivity contribution in [2.24, 2.45) is 5.73 Å². The smallest absolute Gasteiger partial charge is 0.251 e. The molecular weight excluding hydrogens is 406 g/mol. The van der Waals surface area contributed by atoms with Gasteiger partial charge in [0, 0.05) is 30.4 Å². The maximum atomic E-state index is 12.6. The van der Waals surface area contributed by atoms with Gasteiger partial charge in [0.1, 0.15) is 0 Å². The molecule has 0 fully saturated rings. The number of amides is 1. The predicted octanol–water partition coefficient (Wildman–Crippen LogP) is 4.14. The lowest BCUT2D eigenvalue weighted by Gasteiger charge is -2.17. The number of nitrogens with one attached hydrogen (secondary N) is 1. The summed E-state index contributed by atoms with van der Waals surface area (Å²) in [6.07, 6.45) is 3.01. The Kier molecular flexibility index (Phi) is 6.65. The number of benzene rings is 2. The third kappa shape index (κ3) is 4.63. The highest BCUT2D eigenvalue weighted by atomic mass is 32.1. The normalized spacial score (nSPS) is 11.6. The van der Waals surface area contributed by atoms with E-state index in [0.717, 1.165) is 58.1 Å². The van der Waals surface area contributed by atoms with Crippen LogP contribution < -0.4 is 11.1 Å². The van der Waals surface area contributed by atoms with Crippen molar-refractivity contribution >= 4 is 32.4 Å². The highest BCUT2D eigenvalue weighted by Gasteiger charge is 2.13. The van der Waals surface area contributed by atoms with Crippen LogP contribution in [0.2, 0.25) is 0 Å². The molecule has 2 heterocycles. The van der Waals surface area contributed by atoms with Crippen LogP contribution in [0.1, 0.15) is 36.2 Å². The first-order chi connectivity index (χ1) is 15.1. The fourth-order valence-electron chi connectivity index (χ4n) is 3.79. The van der Waals surface area contributed by atoms with Gasteiger partial charge in [0.05, 0.1) is 15.9 Å². The van der Waals surface area contributed by atoms with E-state index in [1.807, 2.05) is 30.3 Å². The van der Waals surface area contributed by atoms with Crippen molar-refractivity contribution in [1.82, 2.24) is 19.6 Å². The van der Waals surface area contributed by atoms with Crippen LogP contribution in [0.15, 0.2) is 48.7 Å². The monoisotopic (exact) mass is 435 g/mol. The highest BCUT2D eigenvalue weighted by Crippen LogP contribution is 2.30. The predicted molar refractivity (Wildman–Crippen MR) is 129 cm³/mol. The molecule has 162 valence electrons. The number of hydrogen-bond donors (Lipinski definition) is 2. The van der Waals surface area contributed by atoms with Crippen LogP contribution in [-0.4, -0.2) is 46.4 Å². The van der Waals surface area contributed by atoms with Gasteiger partial charge in [0.15, 0.2) is 4.96 Å². The van der Waals surface area contributed by atoms with Gasteiger partial charge in [-0.1, -0.05) is 43.4 Å². The van der Waals surface area contributed by atoms with Crippen molar-refractivity contribution in [3.63, 3.8) is 0 Å². The Hall–Kier alpha value is -2.74. The topological polar surface area (TPSA) is 75.7 Å². The summed E-state index contributed by atoms with van der Waals surface area (Å²) in [5.41, 5.74) is 10.6. The summed E-state index contributed by atoms with van der Waals surface area (Å²) >= 11 is 1.60. The SMILES string of the molecule is CCN(CC)CCCNC(=O)c1ccc2c(c1)sc1nc(-c3cccc(CN)c3)cn12. The third-order valence-corrected chi connectivity index (χ3v) is 6.66. The van der Waals surface area contributed by atoms with Crippen molar-refractivity contribution < 1.29 is 4.79 Å². The number of aromatic nitrogens is 2. The molecule has 0 aliphatic rings. The Morgan fingerprint density at radius 3 is 2.81 bits per heavy atom.